The number of hydrogen-bond donors (Lipinski definition) is 0. The van der Waals surface area contributed by atoms with Gasteiger partial charge in [-0.05, 0) is 60.2 Å². The Morgan fingerprint density at radius 1 is 0.550 bits per heavy atom. The van der Waals surface area contributed by atoms with E-state index in [0.29, 0.717) is 5.56 Å². The highest BCUT2D eigenvalue weighted by Gasteiger charge is 2.20. The van der Waals surface area contributed by atoms with E-state index in [-0.39, 0.29) is 0 Å². The molecule has 0 aliphatic heterocycles. The largest absolute Gasteiger partial charge is 0.307 e. The van der Waals surface area contributed by atoms with E-state index in [1.54, 1.807) is 12.4 Å². The Balaban J connectivity index is 1.53. The molecule has 3 heterocycles. The zero-order chi connectivity index (χ0) is 26.6. The molecule has 0 bridgehead atoms. The van der Waals surface area contributed by atoms with E-state index in [4.69, 9.17) is 0 Å². The molecule has 0 saturated heterocycles. The first-order chi connectivity index (χ1) is 19.8. The van der Waals surface area contributed by atoms with E-state index in [9.17, 15) is 5.26 Å². The van der Waals surface area contributed by atoms with Crippen LogP contribution in [0.4, 0.5) is 0 Å². The van der Waals surface area contributed by atoms with Crippen LogP contribution in [0.5, 0.6) is 0 Å². The number of hydrogen-bond acceptors (Lipinski definition) is 2. The van der Waals surface area contributed by atoms with Crippen molar-refractivity contribution in [3.05, 3.63) is 139 Å². The van der Waals surface area contributed by atoms with E-state index in [1.165, 1.54) is 32.6 Å². The van der Waals surface area contributed by atoms with Crippen LogP contribution in [0.3, 0.4) is 0 Å². The van der Waals surface area contributed by atoms with Gasteiger partial charge in [0.1, 0.15) is 0 Å². The molecule has 0 aliphatic rings. The fraction of sp³-hybridized carbons (Fsp3) is 0. The Morgan fingerprint density at radius 3 is 1.77 bits per heavy atom. The van der Waals surface area contributed by atoms with Crippen molar-refractivity contribution in [2.75, 3.05) is 0 Å². The molecule has 4 heteroatoms. The molecule has 0 fully saturated rings. The molecule has 0 amide bonds. The van der Waals surface area contributed by atoms with Crippen molar-refractivity contribution in [3.63, 3.8) is 0 Å². The Bertz CT molecular complexity index is 2230. The van der Waals surface area contributed by atoms with Crippen molar-refractivity contribution < 1.29 is 0 Å². The summed E-state index contributed by atoms with van der Waals surface area (Å²) in [6.45, 7) is 0. The lowest BCUT2D eigenvalue weighted by Gasteiger charge is -2.15. The molecule has 4 nitrogen and oxygen atoms in total. The molecular weight excluding hydrogens is 488 g/mol. The third-order valence-corrected chi connectivity index (χ3v) is 7.87. The van der Waals surface area contributed by atoms with E-state index in [1.807, 2.05) is 18.2 Å². The van der Waals surface area contributed by atoms with Gasteiger partial charge < -0.3 is 9.13 Å². The summed E-state index contributed by atoms with van der Waals surface area (Å²) in [5.41, 5.74) is 9.20. The average Bonchev–Trinajstić information content (AvgIpc) is 3.54. The van der Waals surface area contributed by atoms with Gasteiger partial charge >= 0.3 is 0 Å². The predicted molar refractivity (Wildman–Crippen MR) is 163 cm³/mol. The minimum atomic E-state index is 0.637. The molecule has 0 unspecified atom stereocenters. The van der Waals surface area contributed by atoms with E-state index in [0.717, 1.165) is 33.5 Å². The fourth-order valence-corrected chi connectivity index (χ4v) is 6.17. The van der Waals surface area contributed by atoms with Crippen LogP contribution in [0.2, 0.25) is 0 Å². The van der Waals surface area contributed by atoms with Gasteiger partial charge in [-0.1, -0.05) is 66.7 Å². The summed E-state index contributed by atoms with van der Waals surface area (Å²) in [7, 11) is 0. The first-order valence-electron chi connectivity index (χ1n) is 13.3. The highest BCUT2D eigenvalue weighted by atomic mass is 15.1. The molecule has 0 aliphatic carbocycles. The summed E-state index contributed by atoms with van der Waals surface area (Å²) in [6, 6.07) is 44.7. The minimum Gasteiger partial charge on any atom is -0.307 e. The normalized spacial score (nSPS) is 11.5. The fourth-order valence-electron chi connectivity index (χ4n) is 6.17. The van der Waals surface area contributed by atoms with Crippen molar-refractivity contribution in [2.45, 2.75) is 0 Å². The molecule has 0 saturated carbocycles. The molecule has 0 radical (unpaired) electrons. The van der Waals surface area contributed by atoms with Gasteiger partial charge in [0.25, 0.3) is 0 Å². The Labute approximate surface area is 230 Å². The highest BCUT2D eigenvalue weighted by Crippen LogP contribution is 2.40. The molecule has 186 valence electrons. The molecular formula is C36H22N4. The van der Waals surface area contributed by atoms with Crippen LogP contribution in [0.15, 0.2) is 134 Å². The monoisotopic (exact) mass is 510 g/mol. The van der Waals surface area contributed by atoms with Crippen LogP contribution >= 0.6 is 0 Å². The van der Waals surface area contributed by atoms with Crippen LogP contribution < -0.4 is 0 Å². The van der Waals surface area contributed by atoms with Crippen LogP contribution in [0.1, 0.15) is 5.56 Å². The number of fused-ring (bicyclic) bond motifs is 6. The maximum Gasteiger partial charge on any atom is 0.0998 e. The van der Waals surface area contributed by atoms with Gasteiger partial charge in [0, 0.05) is 45.2 Å². The summed E-state index contributed by atoms with van der Waals surface area (Å²) in [6.07, 6.45) is 3.54. The van der Waals surface area contributed by atoms with E-state index in [2.05, 4.69) is 123 Å². The smallest absolute Gasteiger partial charge is 0.0998 e. The SMILES string of the molecule is N#Cc1ccc(-n2c3ccccc3c3cccc(-n4c5ccccc5c5ccccc54)c32)cc1-c1ccncc1. The second kappa shape index (κ2) is 8.69. The number of rotatable bonds is 3. The standard InChI is InChI=1S/C36H22N4/c37-23-25-16-17-26(22-31(25)24-18-20-38-21-19-24)39-32-12-4-3-10-29(32)30-11-7-15-35(36(30)39)40-33-13-5-1-8-27(33)28-9-2-6-14-34(28)40/h1-22H. The topological polar surface area (TPSA) is 46.5 Å². The van der Waals surface area contributed by atoms with Crippen molar-refractivity contribution in [1.82, 2.24) is 14.1 Å². The summed E-state index contributed by atoms with van der Waals surface area (Å²) < 4.78 is 4.73. The van der Waals surface area contributed by atoms with Crippen LogP contribution in [-0.2, 0) is 0 Å². The van der Waals surface area contributed by atoms with Gasteiger partial charge in [0.05, 0.1) is 39.4 Å². The lowest BCUT2D eigenvalue weighted by molar-refractivity contribution is 1.13. The Kier molecular flexibility index (Phi) is 4.85. The number of pyridine rings is 1. The number of aromatic nitrogens is 3. The van der Waals surface area contributed by atoms with Crippen LogP contribution in [-0.4, -0.2) is 14.1 Å². The molecule has 3 aromatic heterocycles. The Hall–Kier alpha value is -5.66. The second-order valence-corrected chi connectivity index (χ2v) is 9.97. The van der Waals surface area contributed by atoms with Gasteiger partial charge in [-0.2, -0.15) is 5.26 Å². The van der Waals surface area contributed by atoms with Crippen molar-refractivity contribution in [3.8, 4) is 28.6 Å². The third-order valence-electron chi connectivity index (χ3n) is 7.87. The zero-order valence-electron chi connectivity index (χ0n) is 21.5. The Morgan fingerprint density at radius 2 is 1.12 bits per heavy atom. The minimum absolute atomic E-state index is 0.637. The van der Waals surface area contributed by atoms with E-state index < -0.39 is 0 Å². The van der Waals surface area contributed by atoms with Crippen molar-refractivity contribution in [2.24, 2.45) is 0 Å². The van der Waals surface area contributed by atoms with Gasteiger partial charge in [-0.15, -0.1) is 0 Å². The van der Waals surface area contributed by atoms with Crippen LogP contribution in [0.25, 0.3) is 66.1 Å². The van der Waals surface area contributed by atoms with Gasteiger partial charge in [0.2, 0.25) is 0 Å². The molecule has 0 atom stereocenters. The van der Waals surface area contributed by atoms with Gasteiger partial charge in [-0.3, -0.25) is 4.98 Å². The quantitative estimate of drug-likeness (QED) is 0.238. The highest BCUT2D eigenvalue weighted by molar-refractivity contribution is 6.15. The molecule has 5 aromatic carbocycles. The maximum absolute atomic E-state index is 9.94. The van der Waals surface area contributed by atoms with Crippen LogP contribution in [0, 0.1) is 11.3 Å². The third kappa shape index (κ3) is 3.15. The number of para-hydroxylation sites is 4. The number of nitriles is 1. The molecule has 8 aromatic rings. The molecule has 0 N–H and O–H groups in total. The number of benzene rings is 5. The summed E-state index contributed by atoms with van der Waals surface area (Å²) in [5.74, 6) is 0. The molecule has 8 rings (SSSR count). The van der Waals surface area contributed by atoms with Gasteiger partial charge in [-0.25, -0.2) is 0 Å². The first kappa shape index (κ1) is 22.3. The maximum atomic E-state index is 9.94. The van der Waals surface area contributed by atoms with E-state index >= 15 is 0 Å². The van der Waals surface area contributed by atoms with Crippen molar-refractivity contribution in [1.29, 1.82) is 5.26 Å². The lowest BCUT2D eigenvalue weighted by Crippen LogP contribution is -2.01. The summed E-state index contributed by atoms with van der Waals surface area (Å²) in [4.78, 5) is 4.18. The summed E-state index contributed by atoms with van der Waals surface area (Å²) >= 11 is 0. The molecule has 0 spiro atoms. The molecule has 40 heavy (non-hydrogen) atoms. The summed E-state index contributed by atoms with van der Waals surface area (Å²) in [5, 5.41) is 14.8. The average molecular weight is 511 g/mol. The number of nitrogens with zero attached hydrogens (tertiary/aromatic N) is 4. The lowest BCUT2D eigenvalue weighted by atomic mass is 10.0. The first-order valence-corrected chi connectivity index (χ1v) is 13.3. The van der Waals surface area contributed by atoms with Gasteiger partial charge in [0.15, 0.2) is 0 Å². The van der Waals surface area contributed by atoms with Crippen molar-refractivity contribution >= 4 is 43.6 Å². The zero-order valence-corrected chi connectivity index (χ0v) is 21.5. The predicted octanol–water partition coefficient (Wildman–Crippen LogP) is 8.81. The second-order valence-electron chi connectivity index (χ2n) is 9.97.